The third kappa shape index (κ3) is 2.57. The molecule has 0 aromatic heterocycles. The van der Waals surface area contributed by atoms with Crippen molar-refractivity contribution in [2.75, 3.05) is 13.2 Å². The van der Waals surface area contributed by atoms with Crippen LogP contribution >= 0.6 is 0 Å². The number of nitrogens with one attached hydrogen (secondary N) is 1. The Bertz CT molecular complexity index is 334. The zero-order chi connectivity index (χ0) is 10.6. The van der Waals surface area contributed by atoms with Crippen molar-refractivity contribution in [3.05, 3.63) is 34.9 Å². The molecule has 1 amide bonds. The van der Waals surface area contributed by atoms with Crippen LogP contribution in [0.25, 0.3) is 0 Å². The van der Waals surface area contributed by atoms with Gasteiger partial charge < -0.3 is 10.4 Å². The average Bonchev–Trinajstić information content (AvgIpc) is 2.18. The van der Waals surface area contributed by atoms with Gasteiger partial charge in [-0.15, -0.1) is 0 Å². The lowest BCUT2D eigenvalue weighted by Gasteiger charge is -2.07. The minimum atomic E-state index is -0.125. The second kappa shape index (κ2) is 4.77. The van der Waals surface area contributed by atoms with Gasteiger partial charge in [0.2, 0.25) is 0 Å². The van der Waals surface area contributed by atoms with Crippen LogP contribution in [0, 0.1) is 13.8 Å². The Kier molecular flexibility index (Phi) is 3.65. The quantitative estimate of drug-likeness (QED) is 0.753. The van der Waals surface area contributed by atoms with E-state index >= 15 is 0 Å². The van der Waals surface area contributed by atoms with Crippen LogP contribution in [0.15, 0.2) is 18.2 Å². The summed E-state index contributed by atoms with van der Waals surface area (Å²) in [5.74, 6) is -0.125. The molecule has 1 aromatic rings. The lowest BCUT2D eigenvalue weighted by molar-refractivity contribution is 0.0944. The molecule has 0 saturated carbocycles. The maximum absolute atomic E-state index is 11.6. The molecular formula is C11H15NO2. The van der Waals surface area contributed by atoms with Crippen LogP contribution in [0.5, 0.6) is 0 Å². The standard InChI is InChI=1S/C11H15NO2/c1-8-3-4-9(2)10(7-8)11(14)12-5-6-13/h3-4,7,13H,5-6H2,1-2H3,(H,12,14). The Morgan fingerprint density at radius 3 is 2.79 bits per heavy atom. The first-order valence-electron chi connectivity index (χ1n) is 4.61. The van der Waals surface area contributed by atoms with Gasteiger partial charge in [-0.2, -0.15) is 0 Å². The number of amides is 1. The zero-order valence-electron chi connectivity index (χ0n) is 8.50. The van der Waals surface area contributed by atoms with Crippen molar-refractivity contribution in [1.29, 1.82) is 0 Å². The molecule has 76 valence electrons. The number of aliphatic hydroxyl groups is 1. The summed E-state index contributed by atoms with van der Waals surface area (Å²) < 4.78 is 0. The molecule has 0 saturated heterocycles. The number of hydrogen-bond acceptors (Lipinski definition) is 2. The third-order valence-corrected chi connectivity index (χ3v) is 2.04. The summed E-state index contributed by atoms with van der Waals surface area (Å²) in [5.41, 5.74) is 2.69. The van der Waals surface area contributed by atoms with Gasteiger partial charge in [0, 0.05) is 12.1 Å². The smallest absolute Gasteiger partial charge is 0.251 e. The van der Waals surface area contributed by atoms with Gasteiger partial charge in [-0.3, -0.25) is 4.79 Å². The van der Waals surface area contributed by atoms with Gasteiger partial charge >= 0.3 is 0 Å². The first kappa shape index (κ1) is 10.7. The van der Waals surface area contributed by atoms with E-state index in [0.29, 0.717) is 12.1 Å². The second-order valence-electron chi connectivity index (χ2n) is 3.30. The van der Waals surface area contributed by atoms with E-state index in [0.717, 1.165) is 11.1 Å². The predicted octanol–water partition coefficient (Wildman–Crippen LogP) is 1.03. The Balaban J connectivity index is 2.83. The van der Waals surface area contributed by atoms with E-state index in [1.54, 1.807) is 0 Å². The fraction of sp³-hybridized carbons (Fsp3) is 0.364. The number of rotatable bonds is 3. The zero-order valence-corrected chi connectivity index (χ0v) is 8.50. The Labute approximate surface area is 83.8 Å². The molecule has 0 fully saturated rings. The van der Waals surface area contributed by atoms with Crippen molar-refractivity contribution in [3.8, 4) is 0 Å². The van der Waals surface area contributed by atoms with Crippen molar-refractivity contribution in [1.82, 2.24) is 5.32 Å². The molecular weight excluding hydrogens is 178 g/mol. The van der Waals surface area contributed by atoms with E-state index in [2.05, 4.69) is 5.32 Å². The summed E-state index contributed by atoms with van der Waals surface area (Å²) >= 11 is 0. The number of aryl methyl sites for hydroxylation is 2. The molecule has 0 radical (unpaired) electrons. The lowest BCUT2D eigenvalue weighted by atomic mass is 10.1. The molecule has 0 spiro atoms. The maximum Gasteiger partial charge on any atom is 0.251 e. The summed E-state index contributed by atoms with van der Waals surface area (Å²) in [6.07, 6.45) is 0. The highest BCUT2D eigenvalue weighted by Gasteiger charge is 2.07. The van der Waals surface area contributed by atoms with Crippen LogP contribution in [0.2, 0.25) is 0 Å². The molecule has 0 aliphatic heterocycles. The number of carbonyl (C=O) groups excluding carboxylic acids is 1. The Hall–Kier alpha value is -1.35. The van der Waals surface area contributed by atoms with Gasteiger partial charge in [0.05, 0.1) is 6.61 Å². The van der Waals surface area contributed by atoms with Crippen LogP contribution in [0.1, 0.15) is 21.5 Å². The van der Waals surface area contributed by atoms with Crippen molar-refractivity contribution in [3.63, 3.8) is 0 Å². The largest absolute Gasteiger partial charge is 0.395 e. The highest BCUT2D eigenvalue weighted by atomic mass is 16.3. The average molecular weight is 193 g/mol. The van der Waals surface area contributed by atoms with Crippen LogP contribution < -0.4 is 5.32 Å². The monoisotopic (exact) mass is 193 g/mol. The Morgan fingerprint density at radius 2 is 2.14 bits per heavy atom. The van der Waals surface area contributed by atoms with E-state index in [1.807, 2.05) is 32.0 Å². The van der Waals surface area contributed by atoms with Gasteiger partial charge in [0.15, 0.2) is 0 Å². The molecule has 0 bridgehead atoms. The molecule has 14 heavy (non-hydrogen) atoms. The van der Waals surface area contributed by atoms with Crippen molar-refractivity contribution in [2.45, 2.75) is 13.8 Å². The van der Waals surface area contributed by atoms with E-state index in [4.69, 9.17) is 5.11 Å². The topological polar surface area (TPSA) is 49.3 Å². The van der Waals surface area contributed by atoms with E-state index in [1.165, 1.54) is 0 Å². The van der Waals surface area contributed by atoms with E-state index in [9.17, 15) is 4.79 Å². The number of hydrogen-bond donors (Lipinski definition) is 2. The van der Waals surface area contributed by atoms with Crippen LogP contribution in [-0.2, 0) is 0 Å². The number of benzene rings is 1. The number of carbonyl (C=O) groups is 1. The first-order chi connectivity index (χ1) is 6.65. The molecule has 1 aromatic carbocycles. The SMILES string of the molecule is Cc1ccc(C)c(C(=O)NCCO)c1. The summed E-state index contributed by atoms with van der Waals surface area (Å²) in [6.45, 7) is 4.11. The highest BCUT2D eigenvalue weighted by Crippen LogP contribution is 2.10. The number of aliphatic hydroxyl groups excluding tert-OH is 1. The third-order valence-electron chi connectivity index (χ3n) is 2.04. The van der Waals surface area contributed by atoms with Gasteiger partial charge in [0.25, 0.3) is 5.91 Å². The van der Waals surface area contributed by atoms with Crippen LogP contribution in [-0.4, -0.2) is 24.2 Å². The fourth-order valence-corrected chi connectivity index (χ4v) is 1.25. The molecule has 3 nitrogen and oxygen atoms in total. The summed E-state index contributed by atoms with van der Waals surface area (Å²) in [5, 5.41) is 11.2. The second-order valence-corrected chi connectivity index (χ2v) is 3.30. The van der Waals surface area contributed by atoms with E-state index < -0.39 is 0 Å². The molecule has 1 rings (SSSR count). The maximum atomic E-state index is 11.6. The highest BCUT2D eigenvalue weighted by molar-refractivity contribution is 5.95. The van der Waals surface area contributed by atoms with Gasteiger partial charge in [0.1, 0.15) is 0 Å². The fourth-order valence-electron chi connectivity index (χ4n) is 1.25. The summed E-state index contributed by atoms with van der Waals surface area (Å²) in [4.78, 5) is 11.6. The van der Waals surface area contributed by atoms with Crippen LogP contribution in [0.3, 0.4) is 0 Å². The summed E-state index contributed by atoms with van der Waals surface area (Å²) in [7, 11) is 0. The van der Waals surface area contributed by atoms with Gasteiger partial charge in [-0.05, 0) is 25.5 Å². The molecule has 0 atom stereocenters. The van der Waals surface area contributed by atoms with Crippen molar-refractivity contribution in [2.24, 2.45) is 0 Å². The van der Waals surface area contributed by atoms with Gasteiger partial charge in [-0.25, -0.2) is 0 Å². The molecule has 0 unspecified atom stereocenters. The molecule has 0 heterocycles. The lowest BCUT2D eigenvalue weighted by Crippen LogP contribution is -2.27. The van der Waals surface area contributed by atoms with Gasteiger partial charge in [-0.1, -0.05) is 17.7 Å². The van der Waals surface area contributed by atoms with E-state index in [-0.39, 0.29) is 12.5 Å². The minimum Gasteiger partial charge on any atom is -0.395 e. The minimum absolute atomic E-state index is 0.0311. The summed E-state index contributed by atoms with van der Waals surface area (Å²) in [6, 6.07) is 5.74. The molecule has 3 heteroatoms. The van der Waals surface area contributed by atoms with Crippen LogP contribution in [0.4, 0.5) is 0 Å². The molecule has 0 aliphatic rings. The predicted molar refractivity (Wildman–Crippen MR) is 55.3 cm³/mol. The molecule has 2 N–H and O–H groups in total. The first-order valence-corrected chi connectivity index (χ1v) is 4.61. The van der Waals surface area contributed by atoms with Crippen molar-refractivity contribution < 1.29 is 9.90 Å². The molecule has 0 aliphatic carbocycles. The Morgan fingerprint density at radius 1 is 1.43 bits per heavy atom. The van der Waals surface area contributed by atoms with Crippen molar-refractivity contribution >= 4 is 5.91 Å². The normalized spacial score (nSPS) is 9.93.